The molecule has 72 valence electrons. The van der Waals surface area contributed by atoms with Crippen LogP contribution in [0.3, 0.4) is 0 Å². The van der Waals surface area contributed by atoms with Crippen molar-refractivity contribution >= 4 is 22.6 Å². The first-order chi connectivity index (χ1) is 6.13. The average Bonchev–Trinajstić information content (AvgIpc) is 2.11. The third-order valence-corrected chi connectivity index (χ3v) is 3.31. The first-order valence-corrected chi connectivity index (χ1v) is 5.96. The van der Waals surface area contributed by atoms with Crippen molar-refractivity contribution < 1.29 is 0 Å². The third kappa shape index (κ3) is 3.27. The average molecular weight is 289 g/mol. The second-order valence-electron chi connectivity index (χ2n) is 3.56. The second-order valence-corrected chi connectivity index (χ2v) is 4.25. The molecule has 1 nitrogen and oxygen atoms in total. The van der Waals surface area contributed by atoms with Gasteiger partial charge in [-0.2, -0.15) is 0 Å². The van der Waals surface area contributed by atoms with Gasteiger partial charge in [-0.25, -0.2) is 0 Å². The molecule has 0 spiro atoms. The fourth-order valence-corrected chi connectivity index (χ4v) is 1.54. The molecule has 0 aliphatic carbocycles. The van der Waals surface area contributed by atoms with E-state index in [4.69, 9.17) is 0 Å². The molecule has 0 aromatic heterocycles. The summed E-state index contributed by atoms with van der Waals surface area (Å²) in [5.41, 5.74) is 4.18. The van der Waals surface area contributed by atoms with Crippen molar-refractivity contribution in [2.75, 3.05) is 11.6 Å². The van der Waals surface area contributed by atoms with E-state index in [-0.39, 0.29) is 0 Å². The molecule has 13 heavy (non-hydrogen) atoms. The van der Waals surface area contributed by atoms with Crippen molar-refractivity contribution in [3.8, 4) is 0 Å². The molecule has 0 saturated carbocycles. The summed E-state index contributed by atoms with van der Waals surface area (Å²) in [6.45, 7) is 5.37. The molecule has 0 N–H and O–H groups in total. The third-order valence-electron chi connectivity index (χ3n) is 2.15. The van der Waals surface area contributed by atoms with Crippen LogP contribution in [-0.2, 0) is 6.54 Å². The summed E-state index contributed by atoms with van der Waals surface area (Å²) >= 11 is 2.39. The van der Waals surface area contributed by atoms with Gasteiger partial charge in [0.1, 0.15) is 0 Å². The van der Waals surface area contributed by atoms with Crippen LogP contribution in [0.15, 0.2) is 18.2 Å². The molecule has 0 amide bonds. The smallest absolute Gasteiger partial charge is 0.0506 e. The highest BCUT2D eigenvalue weighted by atomic mass is 127. The predicted molar refractivity (Wildman–Crippen MR) is 66.3 cm³/mol. The van der Waals surface area contributed by atoms with Gasteiger partial charge in [0.05, 0.1) is 4.55 Å². The Hall–Kier alpha value is -0.0900. The summed E-state index contributed by atoms with van der Waals surface area (Å²) < 4.78 is 1.07. The zero-order valence-electron chi connectivity index (χ0n) is 8.47. The zero-order valence-corrected chi connectivity index (χ0v) is 10.6. The van der Waals surface area contributed by atoms with E-state index in [2.05, 4.69) is 66.6 Å². The topological polar surface area (TPSA) is 3.24 Å². The monoisotopic (exact) mass is 289 g/mol. The van der Waals surface area contributed by atoms with E-state index in [1.165, 1.54) is 16.7 Å². The molecule has 0 atom stereocenters. The number of aryl methyl sites for hydroxylation is 2. The fourth-order valence-electron chi connectivity index (χ4n) is 1.30. The quantitative estimate of drug-likeness (QED) is 0.469. The van der Waals surface area contributed by atoms with Gasteiger partial charge >= 0.3 is 0 Å². The zero-order chi connectivity index (χ0) is 9.84. The number of alkyl halides is 1. The minimum atomic E-state index is 1.05. The molecule has 0 unspecified atom stereocenters. The lowest BCUT2D eigenvalue weighted by Gasteiger charge is -2.15. The fraction of sp³-hybridized carbons (Fsp3) is 0.455. The van der Waals surface area contributed by atoms with Crippen LogP contribution in [0.25, 0.3) is 0 Å². The number of hydrogen-bond acceptors (Lipinski definition) is 1. The van der Waals surface area contributed by atoms with Gasteiger partial charge < -0.3 is 0 Å². The molecule has 0 aliphatic rings. The molecule has 1 aromatic carbocycles. The number of nitrogens with zero attached hydrogens (tertiary/aromatic N) is 1. The summed E-state index contributed by atoms with van der Waals surface area (Å²) in [7, 11) is 2.15. The predicted octanol–water partition coefficient (Wildman–Crippen LogP) is 3.13. The van der Waals surface area contributed by atoms with Crippen molar-refractivity contribution in [3.63, 3.8) is 0 Å². The molecule has 2 heteroatoms. The van der Waals surface area contributed by atoms with Gasteiger partial charge in [-0.15, -0.1) is 0 Å². The van der Waals surface area contributed by atoms with Crippen LogP contribution in [0.1, 0.15) is 16.7 Å². The highest BCUT2D eigenvalue weighted by Gasteiger charge is 2.01. The molecule has 1 aromatic rings. The maximum atomic E-state index is 2.39. The van der Waals surface area contributed by atoms with Crippen LogP contribution >= 0.6 is 22.6 Å². The van der Waals surface area contributed by atoms with E-state index in [1.54, 1.807) is 0 Å². The highest BCUT2D eigenvalue weighted by Crippen LogP contribution is 2.12. The summed E-state index contributed by atoms with van der Waals surface area (Å²) in [5.74, 6) is 0. The Morgan fingerprint density at radius 1 is 1.31 bits per heavy atom. The molecule has 0 saturated heterocycles. The summed E-state index contributed by atoms with van der Waals surface area (Å²) in [4.78, 5) is 2.31. The SMILES string of the molecule is Cc1ccc(C)c(CN(C)CI)c1. The van der Waals surface area contributed by atoms with Gasteiger partial charge in [-0.1, -0.05) is 46.4 Å². The van der Waals surface area contributed by atoms with E-state index < -0.39 is 0 Å². The molecule has 0 aliphatic heterocycles. The van der Waals surface area contributed by atoms with E-state index in [1.807, 2.05) is 0 Å². The van der Waals surface area contributed by atoms with E-state index >= 15 is 0 Å². The van der Waals surface area contributed by atoms with Crippen LogP contribution in [0.4, 0.5) is 0 Å². The number of benzene rings is 1. The molecule has 0 bridgehead atoms. The van der Waals surface area contributed by atoms with Crippen molar-refractivity contribution in [3.05, 3.63) is 34.9 Å². The molecular formula is C11H16IN. The second kappa shape index (κ2) is 4.96. The lowest BCUT2D eigenvalue weighted by molar-refractivity contribution is 0.394. The minimum Gasteiger partial charge on any atom is -0.293 e. The molecule has 0 heterocycles. The van der Waals surface area contributed by atoms with Crippen molar-refractivity contribution in [1.82, 2.24) is 4.90 Å². The Morgan fingerprint density at radius 3 is 2.62 bits per heavy atom. The maximum absolute atomic E-state index is 2.39. The van der Waals surface area contributed by atoms with Gasteiger partial charge in [0.15, 0.2) is 0 Å². The Balaban J connectivity index is 2.81. The van der Waals surface area contributed by atoms with Crippen molar-refractivity contribution in [2.24, 2.45) is 0 Å². The molecular weight excluding hydrogens is 273 g/mol. The first-order valence-electron chi connectivity index (χ1n) is 4.44. The standard InChI is InChI=1S/C11H16IN/c1-9-4-5-10(2)11(6-9)7-13(3)8-12/h4-6H,7-8H2,1-3H3. The number of halogens is 1. The Morgan fingerprint density at radius 2 is 2.00 bits per heavy atom. The number of rotatable bonds is 3. The molecule has 0 fully saturated rings. The largest absolute Gasteiger partial charge is 0.293 e. The van der Waals surface area contributed by atoms with Gasteiger partial charge in [0.2, 0.25) is 0 Å². The van der Waals surface area contributed by atoms with Gasteiger partial charge in [0, 0.05) is 6.54 Å². The highest BCUT2D eigenvalue weighted by molar-refractivity contribution is 14.1. The lowest BCUT2D eigenvalue weighted by atomic mass is 10.1. The van der Waals surface area contributed by atoms with Gasteiger partial charge in [-0.05, 0) is 32.0 Å². The molecule has 0 radical (unpaired) electrons. The van der Waals surface area contributed by atoms with Crippen LogP contribution < -0.4 is 0 Å². The van der Waals surface area contributed by atoms with Crippen LogP contribution in [0.5, 0.6) is 0 Å². The summed E-state index contributed by atoms with van der Waals surface area (Å²) in [6, 6.07) is 6.65. The van der Waals surface area contributed by atoms with Gasteiger partial charge in [0.25, 0.3) is 0 Å². The Bertz CT molecular complexity index is 283. The first kappa shape index (κ1) is 11.0. The summed E-state index contributed by atoms with van der Waals surface area (Å²) in [5, 5.41) is 0. The normalized spacial score (nSPS) is 10.8. The Kier molecular flexibility index (Phi) is 4.19. The van der Waals surface area contributed by atoms with E-state index in [0.29, 0.717) is 0 Å². The van der Waals surface area contributed by atoms with E-state index in [0.717, 1.165) is 11.1 Å². The summed E-state index contributed by atoms with van der Waals surface area (Å²) in [6.07, 6.45) is 0. The molecule has 1 rings (SSSR count). The number of hydrogen-bond donors (Lipinski definition) is 0. The van der Waals surface area contributed by atoms with Crippen molar-refractivity contribution in [2.45, 2.75) is 20.4 Å². The van der Waals surface area contributed by atoms with E-state index in [9.17, 15) is 0 Å². The Labute approximate surface area is 94.3 Å². The minimum absolute atomic E-state index is 1.05. The van der Waals surface area contributed by atoms with Crippen LogP contribution in [0, 0.1) is 13.8 Å². The van der Waals surface area contributed by atoms with Crippen LogP contribution in [0.2, 0.25) is 0 Å². The lowest BCUT2D eigenvalue weighted by Crippen LogP contribution is -2.15. The van der Waals surface area contributed by atoms with Gasteiger partial charge in [-0.3, -0.25) is 4.90 Å². The van der Waals surface area contributed by atoms with Crippen LogP contribution in [-0.4, -0.2) is 16.5 Å². The van der Waals surface area contributed by atoms with Crippen molar-refractivity contribution in [1.29, 1.82) is 0 Å². The maximum Gasteiger partial charge on any atom is 0.0506 e.